The molecule has 2 N–H and O–H groups in total. The molecule has 0 bridgehead atoms. The first-order valence-corrected chi connectivity index (χ1v) is 7.43. The Balaban J connectivity index is 2.46. The van der Waals surface area contributed by atoms with Crippen LogP contribution in [-0.2, 0) is 7.05 Å². The minimum absolute atomic E-state index is 0.253. The molecule has 104 valence electrons. The monoisotopic (exact) mass is 323 g/mol. The van der Waals surface area contributed by atoms with Crippen molar-refractivity contribution in [1.82, 2.24) is 9.55 Å². The van der Waals surface area contributed by atoms with Gasteiger partial charge in [-0.25, -0.2) is 4.98 Å². The lowest BCUT2D eigenvalue weighted by Crippen LogP contribution is -2.22. The van der Waals surface area contributed by atoms with Gasteiger partial charge in [0.2, 0.25) is 0 Å². The molecule has 0 spiro atoms. The molecule has 1 aromatic carbocycles. The van der Waals surface area contributed by atoms with Gasteiger partial charge in [-0.3, -0.25) is 0 Å². The quantitative estimate of drug-likeness (QED) is 0.933. The molecule has 0 saturated heterocycles. The van der Waals surface area contributed by atoms with Crippen molar-refractivity contribution in [1.29, 1.82) is 0 Å². The van der Waals surface area contributed by atoms with Crippen LogP contribution in [0.3, 0.4) is 0 Å². The van der Waals surface area contributed by atoms with Gasteiger partial charge in [0.15, 0.2) is 0 Å². The molecule has 0 aliphatic heterocycles. The van der Waals surface area contributed by atoms with Crippen LogP contribution in [0.2, 0.25) is 0 Å². The number of aryl methyl sites for hydroxylation is 1. The van der Waals surface area contributed by atoms with E-state index in [1.165, 1.54) is 0 Å². The molecule has 0 aliphatic rings. The third-order valence-corrected chi connectivity index (χ3v) is 3.88. The second-order valence-corrected chi connectivity index (χ2v) is 7.28. The van der Waals surface area contributed by atoms with Crippen LogP contribution in [0.15, 0.2) is 22.7 Å². The Hall–Kier alpha value is -0.870. The molecule has 1 unspecified atom stereocenters. The van der Waals surface area contributed by atoms with Gasteiger partial charge in [0, 0.05) is 24.0 Å². The topological polar surface area (TPSA) is 43.8 Å². The molecule has 2 aromatic rings. The van der Waals surface area contributed by atoms with Gasteiger partial charge in [-0.15, -0.1) is 0 Å². The number of rotatable bonds is 3. The highest BCUT2D eigenvalue weighted by Crippen LogP contribution is 2.31. The lowest BCUT2D eigenvalue weighted by molar-refractivity contribution is 0.333. The van der Waals surface area contributed by atoms with E-state index in [4.69, 9.17) is 10.7 Å². The van der Waals surface area contributed by atoms with Crippen LogP contribution in [-0.4, -0.2) is 16.1 Å². The lowest BCUT2D eigenvalue weighted by atomic mass is 9.84. The zero-order chi connectivity index (χ0) is 14.2. The molecular weight excluding hydrogens is 302 g/mol. The van der Waals surface area contributed by atoms with Crippen molar-refractivity contribution in [3.63, 3.8) is 0 Å². The Bertz CT molecular complexity index is 581. The number of hydrogen-bond donors (Lipinski definition) is 1. The van der Waals surface area contributed by atoms with Gasteiger partial charge in [-0.2, -0.15) is 0 Å². The first-order chi connectivity index (χ1) is 8.81. The van der Waals surface area contributed by atoms with Crippen LogP contribution in [0.4, 0.5) is 0 Å². The third-order valence-electron chi connectivity index (χ3n) is 3.39. The Morgan fingerprint density at radius 3 is 2.63 bits per heavy atom. The number of fused-ring (bicyclic) bond motifs is 1. The largest absolute Gasteiger partial charge is 0.331 e. The smallest absolute Gasteiger partial charge is 0.114 e. The Labute approximate surface area is 123 Å². The summed E-state index contributed by atoms with van der Waals surface area (Å²) in [4.78, 5) is 4.78. The van der Waals surface area contributed by atoms with Crippen molar-refractivity contribution in [3.8, 4) is 0 Å². The van der Waals surface area contributed by atoms with Gasteiger partial charge in [0.05, 0.1) is 11.0 Å². The standard InChI is InChI=1S/C15H22BrN3/c1-15(2,3)8-10(9-17)14-18-12-7-11(16)5-6-13(12)19(14)4/h5-7,10H,8-9,17H2,1-4H3. The Kier molecular flexibility index (Phi) is 4.02. The van der Waals surface area contributed by atoms with Gasteiger partial charge < -0.3 is 10.3 Å². The van der Waals surface area contributed by atoms with Crippen LogP contribution in [0.1, 0.15) is 38.9 Å². The average molecular weight is 324 g/mol. The molecule has 0 radical (unpaired) electrons. The number of benzene rings is 1. The van der Waals surface area contributed by atoms with Crippen LogP contribution in [0.5, 0.6) is 0 Å². The summed E-state index contributed by atoms with van der Waals surface area (Å²) in [6, 6.07) is 6.21. The number of nitrogens with two attached hydrogens (primary N) is 1. The molecule has 0 amide bonds. The molecule has 0 saturated carbocycles. The molecule has 4 heteroatoms. The van der Waals surface area contributed by atoms with Crippen LogP contribution < -0.4 is 5.73 Å². The van der Waals surface area contributed by atoms with E-state index in [9.17, 15) is 0 Å². The minimum Gasteiger partial charge on any atom is -0.331 e. The second kappa shape index (κ2) is 5.25. The fourth-order valence-electron chi connectivity index (χ4n) is 2.58. The summed E-state index contributed by atoms with van der Waals surface area (Å²) < 4.78 is 3.23. The zero-order valence-corrected chi connectivity index (χ0v) is 13.7. The molecule has 2 rings (SSSR count). The fraction of sp³-hybridized carbons (Fsp3) is 0.533. The average Bonchev–Trinajstić information content (AvgIpc) is 2.62. The maximum Gasteiger partial charge on any atom is 0.114 e. The maximum atomic E-state index is 5.97. The maximum absolute atomic E-state index is 5.97. The van der Waals surface area contributed by atoms with E-state index in [2.05, 4.69) is 66.5 Å². The van der Waals surface area contributed by atoms with Crippen LogP contribution >= 0.6 is 15.9 Å². The van der Waals surface area contributed by atoms with E-state index >= 15 is 0 Å². The predicted octanol–water partition coefficient (Wildman–Crippen LogP) is 3.81. The summed E-state index contributed by atoms with van der Waals surface area (Å²) in [5.74, 6) is 1.39. The number of nitrogens with zero attached hydrogens (tertiary/aromatic N) is 2. The summed E-state index contributed by atoms with van der Waals surface area (Å²) in [5, 5.41) is 0. The zero-order valence-electron chi connectivity index (χ0n) is 12.1. The van der Waals surface area contributed by atoms with Crippen molar-refractivity contribution in [3.05, 3.63) is 28.5 Å². The predicted molar refractivity (Wildman–Crippen MR) is 84.3 cm³/mol. The van der Waals surface area contributed by atoms with Gasteiger partial charge in [-0.1, -0.05) is 36.7 Å². The second-order valence-electron chi connectivity index (χ2n) is 6.36. The molecule has 3 nitrogen and oxygen atoms in total. The highest BCUT2D eigenvalue weighted by Gasteiger charge is 2.23. The van der Waals surface area contributed by atoms with E-state index in [1.54, 1.807) is 0 Å². The van der Waals surface area contributed by atoms with E-state index in [0.717, 1.165) is 27.8 Å². The fourth-order valence-corrected chi connectivity index (χ4v) is 2.92. The number of imidazole rings is 1. The first-order valence-electron chi connectivity index (χ1n) is 6.64. The SMILES string of the molecule is Cn1c(C(CN)CC(C)(C)C)nc2cc(Br)ccc21. The van der Waals surface area contributed by atoms with Crippen LogP contribution in [0, 0.1) is 5.41 Å². The highest BCUT2D eigenvalue weighted by atomic mass is 79.9. The molecule has 0 fully saturated rings. The van der Waals surface area contributed by atoms with Gasteiger partial charge in [0.1, 0.15) is 5.82 Å². The van der Waals surface area contributed by atoms with E-state index < -0.39 is 0 Å². The number of aromatic nitrogens is 2. The van der Waals surface area contributed by atoms with Gasteiger partial charge >= 0.3 is 0 Å². The Morgan fingerprint density at radius 2 is 2.05 bits per heavy atom. The molecular formula is C15H22BrN3. The first kappa shape index (κ1) is 14.5. The van der Waals surface area contributed by atoms with Crippen molar-refractivity contribution >= 4 is 27.0 Å². The van der Waals surface area contributed by atoms with Crippen molar-refractivity contribution in [2.45, 2.75) is 33.1 Å². The number of hydrogen-bond acceptors (Lipinski definition) is 2. The van der Waals surface area contributed by atoms with Crippen molar-refractivity contribution < 1.29 is 0 Å². The van der Waals surface area contributed by atoms with Crippen molar-refractivity contribution in [2.75, 3.05) is 6.54 Å². The van der Waals surface area contributed by atoms with Gasteiger partial charge in [-0.05, 0) is 30.0 Å². The molecule has 0 aliphatic carbocycles. The van der Waals surface area contributed by atoms with Crippen LogP contribution in [0.25, 0.3) is 11.0 Å². The van der Waals surface area contributed by atoms with Crippen molar-refractivity contribution in [2.24, 2.45) is 18.2 Å². The summed E-state index contributed by atoms with van der Waals surface area (Å²) in [6.07, 6.45) is 1.04. The summed E-state index contributed by atoms with van der Waals surface area (Å²) in [6.45, 7) is 7.37. The normalized spacial score (nSPS) is 14.0. The minimum atomic E-state index is 0.253. The summed E-state index contributed by atoms with van der Waals surface area (Å²) >= 11 is 3.50. The lowest BCUT2D eigenvalue weighted by Gasteiger charge is -2.24. The summed E-state index contributed by atoms with van der Waals surface area (Å²) in [7, 11) is 2.07. The molecule has 19 heavy (non-hydrogen) atoms. The van der Waals surface area contributed by atoms with E-state index in [-0.39, 0.29) is 5.41 Å². The molecule has 1 aromatic heterocycles. The van der Waals surface area contributed by atoms with E-state index in [1.807, 2.05) is 0 Å². The number of halogens is 1. The van der Waals surface area contributed by atoms with E-state index in [0.29, 0.717) is 12.5 Å². The van der Waals surface area contributed by atoms with Gasteiger partial charge in [0.25, 0.3) is 0 Å². The molecule has 1 heterocycles. The summed E-state index contributed by atoms with van der Waals surface area (Å²) in [5.41, 5.74) is 8.41. The molecule has 1 atom stereocenters. The Morgan fingerprint density at radius 1 is 1.37 bits per heavy atom. The third kappa shape index (κ3) is 3.18. The highest BCUT2D eigenvalue weighted by molar-refractivity contribution is 9.10.